The lowest BCUT2D eigenvalue weighted by molar-refractivity contribution is 0.289. The van der Waals surface area contributed by atoms with Gasteiger partial charge in [-0.15, -0.1) is 5.10 Å². The molecule has 0 saturated heterocycles. The molecule has 72 valence electrons. The van der Waals surface area contributed by atoms with E-state index in [1.54, 1.807) is 11.0 Å². The van der Waals surface area contributed by atoms with Crippen LogP contribution in [0.15, 0.2) is 6.33 Å². The van der Waals surface area contributed by atoms with E-state index in [1.165, 1.54) is 12.8 Å². The van der Waals surface area contributed by atoms with E-state index in [0.717, 1.165) is 12.6 Å². The maximum Gasteiger partial charge on any atom is 0.335 e. The second-order valence-corrected chi connectivity index (χ2v) is 3.28. The number of nitrogens with one attached hydrogen (secondary N) is 1. The van der Waals surface area contributed by atoms with Gasteiger partial charge in [0.1, 0.15) is 12.9 Å². The molecule has 1 aromatic rings. The average Bonchev–Trinajstić information content (AvgIpc) is 2.84. The van der Waals surface area contributed by atoms with Crippen LogP contribution in [0.2, 0.25) is 0 Å². The van der Waals surface area contributed by atoms with E-state index in [4.69, 9.17) is 4.74 Å². The van der Waals surface area contributed by atoms with Gasteiger partial charge in [-0.25, -0.2) is 0 Å². The summed E-state index contributed by atoms with van der Waals surface area (Å²) < 4.78 is 6.93. The number of aryl methyl sites for hydroxylation is 1. The van der Waals surface area contributed by atoms with Crippen molar-refractivity contribution in [2.75, 3.05) is 13.2 Å². The Morgan fingerprint density at radius 1 is 1.69 bits per heavy atom. The lowest BCUT2D eigenvalue weighted by atomic mass is 10.6. The van der Waals surface area contributed by atoms with E-state index < -0.39 is 0 Å². The summed E-state index contributed by atoms with van der Waals surface area (Å²) in [6.45, 7) is 1.52. The van der Waals surface area contributed by atoms with Crippen LogP contribution in [0, 0.1) is 0 Å². The van der Waals surface area contributed by atoms with Gasteiger partial charge in [0.05, 0.1) is 0 Å². The standard InChI is InChI=1S/C8H14N4O/c1-12-6-10-8(11-12)13-5-4-9-7-2-3-7/h6-7,9H,2-5H2,1H3. The normalized spacial score (nSPS) is 16.1. The first-order valence-electron chi connectivity index (χ1n) is 4.56. The molecule has 5 nitrogen and oxygen atoms in total. The molecule has 0 spiro atoms. The van der Waals surface area contributed by atoms with Crippen molar-refractivity contribution in [2.45, 2.75) is 18.9 Å². The first-order chi connectivity index (χ1) is 6.34. The van der Waals surface area contributed by atoms with Crippen molar-refractivity contribution < 1.29 is 4.74 Å². The second-order valence-electron chi connectivity index (χ2n) is 3.28. The van der Waals surface area contributed by atoms with Crippen molar-refractivity contribution in [3.05, 3.63) is 6.33 Å². The maximum atomic E-state index is 5.30. The Morgan fingerprint density at radius 3 is 3.15 bits per heavy atom. The van der Waals surface area contributed by atoms with E-state index in [1.807, 2.05) is 7.05 Å². The van der Waals surface area contributed by atoms with Crippen LogP contribution in [0.3, 0.4) is 0 Å². The van der Waals surface area contributed by atoms with Crippen LogP contribution in [0.25, 0.3) is 0 Å². The summed E-state index contributed by atoms with van der Waals surface area (Å²) in [4.78, 5) is 3.95. The van der Waals surface area contributed by atoms with Crippen molar-refractivity contribution in [2.24, 2.45) is 7.05 Å². The number of nitrogens with zero attached hydrogens (tertiary/aromatic N) is 3. The smallest absolute Gasteiger partial charge is 0.335 e. The topological polar surface area (TPSA) is 52.0 Å². The Kier molecular flexibility index (Phi) is 2.44. The molecule has 1 saturated carbocycles. The zero-order valence-corrected chi connectivity index (χ0v) is 7.73. The van der Waals surface area contributed by atoms with Crippen LogP contribution in [0.4, 0.5) is 0 Å². The minimum atomic E-state index is 0.458. The van der Waals surface area contributed by atoms with Crippen LogP contribution in [-0.2, 0) is 7.05 Å². The number of hydrogen-bond acceptors (Lipinski definition) is 4. The number of ether oxygens (including phenoxy) is 1. The minimum absolute atomic E-state index is 0.458. The third kappa shape index (κ3) is 2.69. The van der Waals surface area contributed by atoms with Gasteiger partial charge in [-0.2, -0.15) is 4.98 Å². The summed E-state index contributed by atoms with van der Waals surface area (Å²) in [5, 5.41) is 7.34. The fourth-order valence-corrected chi connectivity index (χ4v) is 1.08. The van der Waals surface area contributed by atoms with Gasteiger partial charge in [0, 0.05) is 19.6 Å². The largest absolute Gasteiger partial charge is 0.461 e. The molecule has 13 heavy (non-hydrogen) atoms. The van der Waals surface area contributed by atoms with E-state index in [9.17, 15) is 0 Å². The molecule has 1 heterocycles. The first-order valence-corrected chi connectivity index (χ1v) is 4.56. The lowest BCUT2D eigenvalue weighted by Gasteiger charge is -2.01. The van der Waals surface area contributed by atoms with Crippen LogP contribution in [0.5, 0.6) is 6.01 Å². The molecule has 1 N–H and O–H groups in total. The van der Waals surface area contributed by atoms with Crippen LogP contribution in [-0.4, -0.2) is 34.0 Å². The molecule has 1 aromatic heterocycles. The highest BCUT2D eigenvalue weighted by molar-refractivity contribution is 4.87. The average molecular weight is 182 g/mol. The predicted octanol–water partition coefficient (Wildman–Crippen LogP) is -0.0541. The van der Waals surface area contributed by atoms with Gasteiger partial charge in [0.2, 0.25) is 0 Å². The quantitative estimate of drug-likeness (QED) is 0.648. The van der Waals surface area contributed by atoms with Gasteiger partial charge < -0.3 is 10.1 Å². The Balaban J connectivity index is 1.61. The molecule has 0 atom stereocenters. The highest BCUT2D eigenvalue weighted by atomic mass is 16.5. The summed E-state index contributed by atoms with van der Waals surface area (Å²) in [6.07, 6.45) is 4.24. The Bertz CT molecular complexity index is 269. The summed E-state index contributed by atoms with van der Waals surface area (Å²) in [7, 11) is 1.82. The third-order valence-corrected chi connectivity index (χ3v) is 1.92. The van der Waals surface area contributed by atoms with Gasteiger partial charge in [-0.1, -0.05) is 0 Å². The molecule has 0 radical (unpaired) electrons. The number of rotatable bonds is 5. The summed E-state index contributed by atoms with van der Waals surface area (Å²) >= 11 is 0. The lowest BCUT2D eigenvalue weighted by Crippen LogP contribution is -2.23. The molecular weight excluding hydrogens is 168 g/mol. The Hall–Kier alpha value is -1.10. The van der Waals surface area contributed by atoms with Gasteiger partial charge in [-0.3, -0.25) is 4.68 Å². The van der Waals surface area contributed by atoms with Gasteiger partial charge in [0.25, 0.3) is 0 Å². The fraction of sp³-hybridized carbons (Fsp3) is 0.750. The summed E-state index contributed by atoms with van der Waals surface area (Å²) in [5.74, 6) is 0. The van der Waals surface area contributed by atoms with Crippen LogP contribution in [0.1, 0.15) is 12.8 Å². The highest BCUT2D eigenvalue weighted by Gasteiger charge is 2.19. The van der Waals surface area contributed by atoms with Crippen molar-refractivity contribution >= 4 is 0 Å². The van der Waals surface area contributed by atoms with E-state index >= 15 is 0 Å². The Labute approximate surface area is 77.1 Å². The Morgan fingerprint density at radius 2 is 2.54 bits per heavy atom. The predicted molar refractivity (Wildman–Crippen MR) is 47.5 cm³/mol. The highest BCUT2D eigenvalue weighted by Crippen LogP contribution is 2.17. The molecule has 0 unspecified atom stereocenters. The van der Waals surface area contributed by atoms with Crippen LogP contribution >= 0.6 is 0 Å². The first kappa shape index (κ1) is 8.50. The molecule has 0 bridgehead atoms. The van der Waals surface area contributed by atoms with E-state index in [0.29, 0.717) is 12.6 Å². The summed E-state index contributed by atoms with van der Waals surface area (Å²) in [6, 6.07) is 1.19. The molecule has 1 aliphatic rings. The SMILES string of the molecule is Cn1cnc(OCCNC2CC2)n1. The van der Waals surface area contributed by atoms with Crippen molar-refractivity contribution in [1.82, 2.24) is 20.1 Å². The van der Waals surface area contributed by atoms with Gasteiger partial charge in [0.15, 0.2) is 0 Å². The van der Waals surface area contributed by atoms with Crippen molar-refractivity contribution in [3.63, 3.8) is 0 Å². The zero-order valence-electron chi connectivity index (χ0n) is 7.73. The molecule has 5 heteroatoms. The van der Waals surface area contributed by atoms with E-state index in [-0.39, 0.29) is 0 Å². The van der Waals surface area contributed by atoms with Gasteiger partial charge >= 0.3 is 6.01 Å². The molecule has 2 rings (SSSR count). The van der Waals surface area contributed by atoms with Crippen molar-refractivity contribution in [1.29, 1.82) is 0 Å². The molecule has 0 aromatic carbocycles. The third-order valence-electron chi connectivity index (χ3n) is 1.92. The van der Waals surface area contributed by atoms with E-state index in [2.05, 4.69) is 15.4 Å². The molecule has 0 aliphatic heterocycles. The summed E-state index contributed by atoms with van der Waals surface area (Å²) in [5.41, 5.74) is 0. The van der Waals surface area contributed by atoms with Gasteiger partial charge in [-0.05, 0) is 12.8 Å². The van der Waals surface area contributed by atoms with Crippen LogP contribution < -0.4 is 10.1 Å². The molecule has 1 aliphatic carbocycles. The second kappa shape index (κ2) is 3.74. The minimum Gasteiger partial charge on any atom is -0.461 e. The number of aromatic nitrogens is 3. The maximum absolute atomic E-state index is 5.30. The molecule has 1 fully saturated rings. The molecule has 0 amide bonds. The fourth-order valence-electron chi connectivity index (χ4n) is 1.08. The monoisotopic (exact) mass is 182 g/mol. The number of hydrogen-bond donors (Lipinski definition) is 1. The van der Waals surface area contributed by atoms with Crippen molar-refractivity contribution in [3.8, 4) is 6.01 Å². The zero-order chi connectivity index (χ0) is 9.10. The molecular formula is C8H14N4O.